The number of nitrogens with zero attached hydrogens (tertiary/aromatic N) is 22. The molecular formula is C107H110F3N23O12. The lowest BCUT2D eigenvalue weighted by molar-refractivity contribution is -0.199. The molecule has 0 amide bonds. The minimum Gasteiger partial charge on any atom is -0.497 e. The maximum atomic E-state index is 13.3. The van der Waals surface area contributed by atoms with Crippen LogP contribution in [-0.2, 0) is 35.4 Å². The van der Waals surface area contributed by atoms with E-state index >= 15 is 0 Å². The van der Waals surface area contributed by atoms with E-state index in [0.29, 0.717) is 99.5 Å². The molecule has 1 saturated heterocycles. The van der Waals surface area contributed by atoms with Crippen LogP contribution >= 0.6 is 0 Å². The Morgan fingerprint density at radius 1 is 0.428 bits per heavy atom. The highest BCUT2D eigenvalue weighted by Crippen LogP contribution is 2.42. The molecule has 0 bridgehead atoms. The monoisotopic (exact) mass is 1970 g/mol. The van der Waals surface area contributed by atoms with Gasteiger partial charge in [0.1, 0.15) is 52.1 Å². The van der Waals surface area contributed by atoms with Crippen LogP contribution in [0.25, 0.3) is 89.2 Å². The molecule has 1 fully saturated rings. The van der Waals surface area contributed by atoms with Crippen molar-refractivity contribution in [2.45, 2.75) is 65.0 Å². The fraction of sp³-hybridized carbons (Fsp3) is 0.280. The summed E-state index contributed by atoms with van der Waals surface area (Å²) in [7, 11) is 19.9. The number of aliphatic hydroxyl groups excluding tert-OH is 1. The van der Waals surface area contributed by atoms with Gasteiger partial charge >= 0.3 is 12.1 Å². The number of carbonyl (C=O) groups excluding carboxylic acids is 1. The van der Waals surface area contributed by atoms with Gasteiger partial charge in [0.2, 0.25) is 5.82 Å². The van der Waals surface area contributed by atoms with Gasteiger partial charge in [-0.2, -0.15) is 33.6 Å². The van der Waals surface area contributed by atoms with E-state index in [1.54, 1.807) is 167 Å². The Labute approximate surface area is 835 Å². The van der Waals surface area contributed by atoms with Gasteiger partial charge in [-0.1, -0.05) is 17.8 Å². The van der Waals surface area contributed by atoms with Gasteiger partial charge in [-0.15, -0.1) is 0 Å². The summed E-state index contributed by atoms with van der Waals surface area (Å²) in [5.74, 6) is 18.6. The molecule has 38 heteroatoms. The SMILES string of the molecule is COC[C@H](CN(c1cc(OC)cc(OC)c1)c1ccc2ncc(-c3cnn(C)c3)nc2c1)OC(C)=O.COc1cc(OC)cc(N(CC#CC2CCNCC2)c2ccc3ncc(-c4cnn(C)c4)nc3c2)c1.COc1cc(OC)cc(N(CC#Cc2nccc(C)n2)c2ccc3ncc(-c4cnn(C)c4)nc3c2)c1.COc1cc(OC)cc(N(C[C@@H](O)C(F)(F)F)c2ccc3ncc(-c4cnn(C(C)C)c4)nc3c2)c1. The van der Waals surface area contributed by atoms with Crippen molar-refractivity contribution in [3.63, 3.8) is 0 Å². The molecule has 2 N–H and O–H groups in total. The largest absolute Gasteiger partial charge is 0.497 e. The van der Waals surface area contributed by atoms with E-state index in [9.17, 15) is 23.1 Å². The summed E-state index contributed by atoms with van der Waals surface area (Å²) in [4.78, 5) is 65.5. The molecule has 0 unspecified atom stereocenters. The van der Waals surface area contributed by atoms with Gasteiger partial charge in [0.05, 0.1) is 206 Å². The van der Waals surface area contributed by atoms with Crippen molar-refractivity contribution in [3.05, 3.63) is 244 Å². The molecule has 746 valence electrons. The van der Waals surface area contributed by atoms with Gasteiger partial charge in [0.25, 0.3) is 0 Å². The first-order valence-corrected chi connectivity index (χ1v) is 46.1. The first kappa shape index (κ1) is 102. The zero-order chi connectivity index (χ0) is 102. The highest BCUT2D eigenvalue weighted by Gasteiger charge is 2.40. The molecule has 9 aromatic heterocycles. The zero-order valence-corrected chi connectivity index (χ0v) is 83.0. The molecule has 10 heterocycles. The standard InChI is InChI=1S/C28H25N7O2.C28H30N6O2.C26H29N5O5.C25H26F3N5O3/c1-19-9-10-29-28(32-19)6-5-11-35(22-12-23(36-3)15-24(13-22)37-4)21-7-8-25-26(14-21)33-27(17-30-25)20-16-31-34(2)18-20;1-33-19-21(17-31-33)28-18-30-26-7-6-22(15-27(26)32-28)34(12-4-5-20-8-10-29-11-9-20)23-13-24(35-2)16-25(14-23)36-3;1-17(32)36-23(16-33-3)15-31(20-8-21(34-4)11-22(9-20)35-5)19-6-7-24-25(10-19)29-26(13-27-24)18-12-28-30(2)14-18;1-15(2)33-13-16(11-30-33)23-12-29-21-6-5-17(9-22(21)31-23)32(14-24(34)25(26,27)28)18-7-19(35-3)10-20(8-18)36-4/h7-10,12-18H,11H2,1-4H3;6-7,13-20,29H,8-12H2,1-3H3;6-14,23H,15-16H2,1-5H3;5-13,15,24,34H,14H2,1-4H3/t;;23-;24-/m..01/s1. The maximum Gasteiger partial charge on any atom is 0.416 e. The Bertz CT molecular complexity index is 7430. The van der Waals surface area contributed by atoms with Gasteiger partial charge in [-0.3, -0.25) is 43.5 Å². The summed E-state index contributed by atoms with van der Waals surface area (Å²) < 4.78 is 102. The molecule has 0 radical (unpaired) electrons. The van der Waals surface area contributed by atoms with Crippen LogP contribution in [0.5, 0.6) is 46.0 Å². The molecular weight excluding hydrogens is 1860 g/mol. The van der Waals surface area contributed by atoms with E-state index in [-0.39, 0.29) is 18.6 Å². The number of methoxy groups -OCH3 is 9. The van der Waals surface area contributed by atoms with Crippen molar-refractivity contribution in [1.82, 2.24) is 94.3 Å². The molecule has 8 aromatic carbocycles. The minimum atomic E-state index is -4.80. The average Bonchev–Trinajstić information content (AvgIpc) is 1.37. The third-order valence-electron chi connectivity index (χ3n) is 23.3. The summed E-state index contributed by atoms with van der Waals surface area (Å²) in [6.07, 6.45) is 17.5. The van der Waals surface area contributed by atoms with E-state index in [1.165, 1.54) is 26.0 Å². The highest BCUT2D eigenvalue weighted by atomic mass is 19.4. The minimum absolute atomic E-state index is 0.173. The Kier molecular flexibility index (Phi) is 33.5. The predicted octanol–water partition coefficient (Wildman–Crippen LogP) is 17.4. The topological polar surface area (TPSA) is 355 Å². The number of anilines is 8. The van der Waals surface area contributed by atoms with Crippen molar-refractivity contribution in [3.8, 4) is 115 Å². The van der Waals surface area contributed by atoms with Gasteiger partial charge in [-0.05, 0) is 131 Å². The van der Waals surface area contributed by atoms with Crippen molar-refractivity contribution >= 4 is 95.6 Å². The van der Waals surface area contributed by atoms with Gasteiger partial charge in [0.15, 0.2) is 6.10 Å². The summed E-state index contributed by atoms with van der Waals surface area (Å²) in [5.41, 5.74) is 18.9. The first-order chi connectivity index (χ1) is 70.1. The Morgan fingerprint density at radius 2 is 0.772 bits per heavy atom. The first-order valence-electron chi connectivity index (χ1n) is 46.1. The lowest BCUT2D eigenvalue weighted by Gasteiger charge is -2.29. The number of benzene rings is 8. The second-order valence-corrected chi connectivity index (χ2v) is 33.8. The maximum absolute atomic E-state index is 13.3. The Morgan fingerprint density at radius 3 is 1.10 bits per heavy atom. The number of hydrogen-bond donors (Lipinski definition) is 2. The number of nitrogens with one attached hydrogen (secondary N) is 1. The number of piperidine rings is 1. The van der Waals surface area contributed by atoms with Crippen molar-refractivity contribution in [1.29, 1.82) is 0 Å². The van der Waals surface area contributed by atoms with Crippen LogP contribution in [0.2, 0.25) is 0 Å². The molecule has 17 aromatic rings. The number of fused-ring (bicyclic) bond motifs is 4. The van der Waals surface area contributed by atoms with Crippen LogP contribution in [0, 0.1) is 36.5 Å². The van der Waals surface area contributed by atoms with Crippen LogP contribution in [0.15, 0.2) is 232 Å². The number of aryl methyl sites for hydroxylation is 4. The summed E-state index contributed by atoms with van der Waals surface area (Å²) in [6.45, 7) is 10.1. The quantitative estimate of drug-likeness (QED) is 0.0312. The van der Waals surface area contributed by atoms with E-state index in [0.717, 1.165) is 144 Å². The third kappa shape index (κ3) is 26.4. The second-order valence-electron chi connectivity index (χ2n) is 33.8. The predicted molar refractivity (Wildman–Crippen MR) is 549 cm³/mol. The molecule has 1 aliphatic heterocycles. The second kappa shape index (κ2) is 47.4. The summed E-state index contributed by atoms with van der Waals surface area (Å²) >= 11 is 0. The molecule has 1 aliphatic rings. The van der Waals surface area contributed by atoms with Crippen molar-refractivity contribution in [2.75, 3.05) is 129 Å². The number of hydrogen-bond acceptors (Lipinski definition) is 31. The Hall–Kier alpha value is -17.1. The van der Waals surface area contributed by atoms with Gasteiger partial charge in [-0.25, -0.2) is 29.9 Å². The summed E-state index contributed by atoms with van der Waals surface area (Å²) in [6, 6.07) is 46.7. The normalized spacial score (nSPS) is 12.2. The van der Waals surface area contributed by atoms with Crippen LogP contribution in [0.4, 0.5) is 58.7 Å². The fourth-order valence-electron chi connectivity index (χ4n) is 15.8. The number of aliphatic hydroxyl groups is 1. The van der Waals surface area contributed by atoms with Crippen LogP contribution in [0.1, 0.15) is 51.2 Å². The molecule has 0 saturated carbocycles. The number of rotatable bonds is 30. The molecule has 145 heavy (non-hydrogen) atoms. The van der Waals surface area contributed by atoms with Gasteiger partial charge < -0.3 is 77.4 Å². The number of ether oxygens (including phenoxy) is 10. The van der Waals surface area contributed by atoms with E-state index in [4.69, 9.17) is 62.3 Å². The smallest absolute Gasteiger partial charge is 0.416 e. The number of halogens is 3. The van der Waals surface area contributed by atoms with E-state index in [1.807, 2.05) is 169 Å². The molecule has 2 atom stereocenters. The third-order valence-corrected chi connectivity index (χ3v) is 23.3. The van der Waals surface area contributed by atoms with Gasteiger partial charge in [0, 0.05) is 224 Å². The summed E-state index contributed by atoms with van der Waals surface area (Å²) in [5, 5.41) is 30.4. The van der Waals surface area contributed by atoms with Crippen LogP contribution < -0.4 is 62.8 Å². The lowest BCUT2D eigenvalue weighted by atomic mass is 9.99. The number of esters is 1. The van der Waals surface area contributed by atoms with E-state index in [2.05, 4.69) is 106 Å². The molecule has 0 spiro atoms. The number of alkyl halides is 3. The fourth-order valence-corrected chi connectivity index (χ4v) is 15.8. The molecule has 35 nitrogen and oxygen atoms in total. The average molecular weight is 1970 g/mol. The van der Waals surface area contributed by atoms with E-state index < -0.39 is 24.9 Å². The van der Waals surface area contributed by atoms with Crippen molar-refractivity contribution in [2.24, 2.45) is 27.1 Å². The molecule has 18 rings (SSSR count). The zero-order valence-electron chi connectivity index (χ0n) is 83.0. The Balaban J connectivity index is 0.000000145. The lowest BCUT2D eigenvalue weighted by Crippen LogP contribution is -2.39. The molecule has 0 aliphatic carbocycles. The number of aromatic nitrogens is 18. The van der Waals surface area contributed by atoms with Crippen LogP contribution in [-0.4, -0.2) is 228 Å². The van der Waals surface area contributed by atoms with Crippen molar-refractivity contribution < 1.29 is 70.4 Å². The van der Waals surface area contributed by atoms with Crippen LogP contribution in [0.3, 0.4) is 0 Å². The number of carbonyl (C=O) groups is 1. The highest BCUT2D eigenvalue weighted by molar-refractivity contribution is 5.88.